The maximum Gasteiger partial charge on any atom is 0.159 e. The van der Waals surface area contributed by atoms with Gasteiger partial charge in [-0.05, 0) is 74.8 Å². The van der Waals surface area contributed by atoms with Gasteiger partial charge in [-0.1, -0.05) is 55.3 Å². The molecule has 1 fully saturated rings. The highest BCUT2D eigenvalue weighted by molar-refractivity contribution is 6.10. The van der Waals surface area contributed by atoms with E-state index in [0.29, 0.717) is 0 Å². The predicted octanol–water partition coefficient (Wildman–Crippen LogP) is 8.27. The van der Waals surface area contributed by atoms with Gasteiger partial charge in [0, 0.05) is 29.6 Å². The minimum absolute atomic E-state index is 0.195. The van der Waals surface area contributed by atoms with Gasteiger partial charge in [-0.15, -0.1) is 0 Å². The molecule has 174 valence electrons. The Morgan fingerprint density at radius 3 is 2.29 bits per heavy atom. The Kier molecular flexibility index (Phi) is 4.98. The molecule has 2 heterocycles. The van der Waals surface area contributed by atoms with E-state index in [9.17, 15) is 0 Å². The lowest BCUT2D eigenvalue weighted by Gasteiger charge is -2.30. The van der Waals surface area contributed by atoms with Crippen molar-refractivity contribution in [2.75, 3.05) is 11.9 Å². The second-order valence-electron chi connectivity index (χ2n) is 10.4. The highest BCUT2D eigenvalue weighted by Gasteiger charge is 2.32. The number of hydrogen-bond donors (Lipinski definition) is 0. The average molecular weight is 451 g/mol. The molecule has 0 spiro atoms. The molecule has 6 rings (SSSR count). The third-order valence-corrected chi connectivity index (χ3v) is 8.22. The van der Waals surface area contributed by atoms with Gasteiger partial charge in [0.15, 0.2) is 5.58 Å². The third kappa shape index (κ3) is 3.17. The summed E-state index contributed by atoms with van der Waals surface area (Å²) in [5.74, 6) is 0.741. The van der Waals surface area contributed by atoms with Crippen LogP contribution < -0.4 is 4.90 Å². The molecular weight excluding hydrogens is 416 g/mol. The largest absolute Gasteiger partial charge is 0.454 e. The number of furan rings is 1. The van der Waals surface area contributed by atoms with Crippen LogP contribution >= 0.6 is 0 Å². The minimum atomic E-state index is 0.195. The first-order valence-electron chi connectivity index (χ1n) is 12.7. The second kappa shape index (κ2) is 7.94. The molecule has 1 aliphatic carbocycles. The van der Waals surface area contributed by atoms with Gasteiger partial charge in [0.05, 0.1) is 11.4 Å². The van der Waals surface area contributed by atoms with E-state index in [0.717, 1.165) is 17.1 Å². The SMILES string of the molecule is Cc1cc(C2CCCC2)cc(C)c1C1=CN(c2c(C)ccc3c2oc2ccccc23)[C@H](C)N1C. The van der Waals surface area contributed by atoms with Crippen LogP contribution in [0.2, 0.25) is 0 Å². The van der Waals surface area contributed by atoms with Crippen molar-refractivity contribution in [2.45, 2.75) is 65.5 Å². The van der Waals surface area contributed by atoms with E-state index in [1.807, 2.05) is 6.07 Å². The maximum absolute atomic E-state index is 6.43. The van der Waals surface area contributed by atoms with Crippen molar-refractivity contribution in [2.24, 2.45) is 0 Å². The molecule has 0 bridgehead atoms. The first kappa shape index (κ1) is 21.3. The first-order valence-corrected chi connectivity index (χ1v) is 12.7. The summed E-state index contributed by atoms with van der Waals surface area (Å²) in [6, 6.07) is 17.7. The molecule has 3 heteroatoms. The van der Waals surface area contributed by atoms with Crippen LogP contribution in [0, 0.1) is 20.8 Å². The first-order chi connectivity index (χ1) is 16.4. The van der Waals surface area contributed by atoms with Crippen molar-refractivity contribution in [1.82, 2.24) is 4.90 Å². The molecule has 0 amide bonds. The van der Waals surface area contributed by atoms with Gasteiger partial charge in [0.25, 0.3) is 0 Å². The number of benzene rings is 3. The number of hydrogen-bond acceptors (Lipinski definition) is 3. The maximum atomic E-state index is 6.43. The van der Waals surface area contributed by atoms with Gasteiger partial charge < -0.3 is 14.2 Å². The van der Waals surface area contributed by atoms with Crippen LogP contribution in [0.4, 0.5) is 5.69 Å². The van der Waals surface area contributed by atoms with Crippen molar-refractivity contribution in [3.63, 3.8) is 0 Å². The summed E-state index contributed by atoms with van der Waals surface area (Å²) in [6.07, 6.45) is 7.96. The number of rotatable bonds is 3. The monoisotopic (exact) mass is 450 g/mol. The Morgan fingerprint density at radius 1 is 0.853 bits per heavy atom. The van der Waals surface area contributed by atoms with E-state index in [2.05, 4.69) is 93.2 Å². The number of aryl methyl sites for hydroxylation is 3. The number of para-hydroxylation sites is 1. The summed E-state index contributed by atoms with van der Waals surface area (Å²) in [5.41, 5.74) is 11.3. The molecule has 2 aliphatic rings. The van der Waals surface area contributed by atoms with Crippen molar-refractivity contribution < 1.29 is 4.42 Å². The Labute approximate surface area is 202 Å². The molecule has 34 heavy (non-hydrogen) atoms. The standard InChI is InChI=1S/C31H34N2O/c1-19-14-15-26-25-12-8-9-13-28(25)34-31(26)30(19)33-18-27(32(5)22(33)4)29-20(2)16-24(17-21(29)3)23-10-6-7-11-23/h8-9,12-18,22-23H,6-7,10-11H2,1-5H3/t22-/m1/s1. The van der Waals surface area contributed by atoms with Crippen LogP contribution in [-0.4, -0.2) is 18.1 Å². The minimum Gasteiger partial charge on any atom is -0.454 e. The fourth-order valence-corrected chi connectivity index (χ4v) is 6.30. The van der Waals surface area contributed by atoms with Gasteiger partial charge in [0.1, 0.15) is 11.7 Å². The van der Waals surface area contributed by atoms with E-state index < -0.39 is 0 Å². The molecule has 3 aromatic carbocycles. The predicted molar refractivity (Wildman–Crippen MR) is 143 cm³/mol. The summed E-state index contributed by atoms with van der Waals surface area (Å²) in [4.78, 5) is 4.81. The molecular formula is C31H34N2O. The summed E-state index contributed by atoms with van der Waals surface area (Å²) in [7, 11) is 2.22. The Hall–Kier alpha value is -3.20. The lowest BCUT2D eigenvalue weighted by Crippen LogP contribution is -2.34. The van der Waals surface area contributed by atoms with Crippen LogP contribution in [-0.2, 0) is 0 Å². The molecule has 4 aromatic rings. The Balaban J connectivity index is 1.48. The van der Waals surface area contributed by atoms with Gasteiger partial charge in [-0.3, -0.25) is 0 Å². The number of fused-ring (bicyclic) bond motifs is 3. The summed E-state index contributed by atoms with van der Waals surface area (Å²) < 4.78 is 6.43. The number of anilines is 1. The van der Waals surface area contributed by atoms with Crippen LogP contribution in [0.3, 0.4) is 0 Å². The third-order valence-electron chi connectivity index (χ3n) is 8.22. The fraction of sp³-hybridized carbons (Fsp3) is 0.355. The summed E-state index contributed by atoms with van der Waals surface area (Å²) >= 11 is 0. The van der Waals surface area contributed by atoms with Gasteiger partial charge >= 0.3 is 0 Å². The Bertz CT molecular complexity index is 1410. The molecule has 0 unspecified atom stereocenters. The average Bonchev–Trinajstić information content (AvgIpc) is 3.54. The van der Waals surface area contributed by atoms with Crippen molar-refractivity contribution in [1.29, 1.82) is 0 Å². The highest BCUT2D eigenvalue weighted by Crippen LogP contribution is 2.43. The fourth-order valence-electron chi connectivity index (χ4n) is 6.30. The van der Waals surface area contributed by atoms with Crippen LogP contribution in [0.1, 0.15) is 66.3 Å². The zero-order chi connectivity index (χ0) is 23.6. The van der Waals surface area contributed by atoms with Crippen LogP contribution in [0.25, 0.3) is 27.6 Å². The van der Waals surface area contributed by atoms with Gasteiger partial charge in [-0.2, -0.15) is 0 Å². The lowest BCUT2D eigenvalue weighted by atomic mass is 9.90. The van der Waals surface area contributed by atoms with Crippen molar-refractivity contribution in [3.05, 3.63) is 82.5 Å². The molecule has 1 aromatic heterocycles. The van der Waals surface area contributed by atoms with E-state index in [4.69, 9.17) is 4.42 Å². The van der Waals surface area contributed by atoms with Gasteiger partial charge in [-0.25, -0.2) is 0 Å². The summed E-state index contributed by atoms with van der Waals surface area (Å²) in [5, 5.41) is 2.36. The lowest BCUT2D eigenvalue weighted by molar-refractivity contribution is 0.399. The number of nitrogens with zero attached hydrogens (tertiary/aromatic N) is 2. The van der Waals surface area contributed by atoms with Crippen molar-refractivity contribution >= 4 is 33.3 Å². The van der Waals surface area contributed by atoms with E-state index in [1.165, 1.54) is 75.7 Å². The molecule has 0 N–H and O–H groups in total. The zero-order valence-corrected chi connectivity index (χ0v) is 21.0. The Morgan fingerprint density at radius 2 is 1.56 bits per heavy atom. The topological polar surface area (TPSA) is 19.6 Å². The van der Waals surface area contributed by atoms with E-state index >= 15 is 0 Å². The summed E-state index contributed by atoms with van der Waals surface area (Å²) in [6.45, 7) is 9.04. The quantitative estimate of drug-likeness (QED) is 0.313. The normalized spacial score (nSPS) is 19.1. The van der Waals surface area contributed by atoms with Gasteiger partial charge in [0.2, 0.25) is 0 Å². The molecule has 0 radical (unpaired) electrons. The molecule has 3 nitrogen and oxygen atoms in total. The molecule has 0 saturated heterocycles. The van der Waals surface area contributed by atoms with Crippen molar-refractivity contribution in [3.8, 4) is 0 Å². The zero-order valence-electron chi connectivity index (χ0n) is 21.0. The second-order valence-corrected chi connectivity index (χ2v) is 10.4. The van der Waals surface area contributed by atoms with E-state index in [-0.39, 0.29) is 6.17 Å². The molecule has 1 aliphatic heterocycles. The van der Waals surface area contributed by atoms with E-state index in [1.54, 1.807) is 0 Å². The molecule has 1 saturated carbocycles. The smallest absolute Gasteiger partial charge is 0.159 e. The molecule has 1 atom stereocenters. The van der Waals surface area contributed by atoms with Crippen LogP contribution in [0.5, 0.6) is 0 Å². The highest BCUT2D eigenvalue weighted by atomic mass is 16.3. The van der Waals surface area contributed by atoms with Crippen LogP contribution in [0.15, 0.2) is 59.1 Å².